The summed E-state index contributed by atoms with van der Waals surface area (Å²) in [6.45, 7) is 3.25. The number of ether oxygens (including phenoxy) is 3. The van der Waals surface area contributed by atoms with Crippen LogP contribution >= 0.6 is 0 Å². The van der Waals surface area contributed by atoms with Gasteiger partial charge in [-0.1, -0.05) is 23.8 Å². The first-order valence-corrected chi connectivity index (χ1v) is 7.92. The second-order valence-electron chi connectivity index (χ2n) is 5.71. The van der Waals surface area contributed by atoms with Crippen LogP contribution in [0.15, 0.2) is 53.2 Å². The lowest BCUT2D eigenvalue weighted by Crippen LogP contribution is -2.05. The number of esters is 2. The normalized spacial score (nSPS) is 14.8. The van der Waals surface area contributed by atoms with E-state index in [0.717, 1.165) is 11.1 Å². The number of hydrogen-bond acceptors (Lipinski definition) is 6. The molecule has 1 heterocycles. The van der Waals surface area contributed by atoms with E-state index in [4.69, 9.17) is 14.2 Å². The highest BCUT2D eigenvalue weighted by atomic mass is 16.6. The Balaban J connectivity index is 1.94. The van der Waals surface area contributed by atoms with Crippen molar-refractivity contribution < 1.29 is 23.8 Å². The van der Waals surface area contributed by atoms with Gasteiger partial charge in [-0.05, 0) is 42.8 Å². The van der Waals surface area contributed by atoms with Gasteiger partial charge in [0, 0.05) is 12.5 Å². The van der Waals surface area contributed by atoms with Gasteiger partial charge in [0.1, 0.15) is 0 Å². The SMILES string of the molecule is COc1ccc(/C=C2/N=C(c3cccc(C)c3)OC2=O)cc1OC(C)=O. The number of aliphatic imine (C=N–C) groups is 1. The molecule has 3 rings (SSSR count). The lowest BCUT2D eigenvalue weighted by atomic mass is 10.1. The summed E-state index contributed by atoms with van der Waals surface area (Å²) in [7, 11) is 1.48. The van der Waals surface area contributed by atoms with E-state index in [0.29, 0.717) is 11.3 Å². The first-order valence-electron chi connectivity index (χ1n) is 7.92. The third-order valence-corrected chi connectivity index (χ3v) is 3.63. The van der Waals surface area contributed by atoms with Crippen molar-refractivity contribution in [2.45, 2.75) is 13.8 Å². The average Bonchev–Trinajstić information content (AvgIpc) is 2.95. The van der Waals surface area contributed by atoms with Crippen LogP contribution in [0.5, 0.6) is 11.5 Å². The van der Waals surface area contributed by atoms with Crippen LogP contribution in [0.4, 0.5) is 0 Å². The van der Waals surface area contributed by atoms with Crippen molar-refractivity contribution in [3.05, 3.63) is 64.9 Å². The smallest absolute Gasteiger partial charge is 0.363 e. The first-order chi connectivity index (χ1) is 12.5. The van der Waals surface area contributed by atoms with Crippen LogP contribution in [-0.2, 0) is 14.3 Å². The molecule has 0 amide bonds. The molecule has 1 aliphatic heterocycles. The van der Waals surface area contributed by atoms with Gasteiger partial charge in [-0.15, -0.1) is 0 Å². The molecule has 0 bridgehead atoms. The van der Waals surface area contributed by atoms with Crippen LogP contribution < -0.4 is 9.47 Å². The monoisotopic (exact) mass is 351 g/mol. The van der Waals surface area contributed by atoms with E-state index in [1.807, 2.05) is 31.2 Å². The molecule has 0 aromatic heterocycles. The van der Waals surface area contributed by atoms with E-state index < -0.39 is 11.9 Å². The molecule has 0 aliphatic carbocycles. The highest BCUT2D eigenvalue weighted by Crippen LogP contribution is 2.30. The second-order valence-corrected chi connectivity index (χ2v) is 5.71. The van der Waals surface area contributed by atoms with E-state index in [2.05, 4.69) is 4.99 Å². The zero-order valence-electron chi connectivity index (χ0n) is 14.6. The molecule has 0 radical (unpaired) electrons. The summed E-state index contributed by atoms with van der Waals surface area (Å²) in [6.07, 6.45) is 1.57. The maximum Gasteiger partial charge on any atom is 0.363 e. The third kappa shape index (κ3) is 3.80. The molecule has 0 N–H and O–H groups in total. The van der Waals surface area contributed by atoms with E-state index >= 15 is 0 Å². The number of methoxy groups -OCH3 is 1. The number of benzene rings is 2. The van der Waals surface area contributed by atoms with Gasteiger partial charge in [0.05, 0.1) is 7.11 Å². The summed E-state index contributed by atoms with van der Waals surface area (Å²) in [5, 5.41) is 0. The van der Waals surface area contributed by atoms with Crippen molar-refractivity contribution >= 4 is 23.9 Å². The fourth-order valence-corrected chi connectivity index (χ4v) is 2.49. The maximum absolute atomic E-state index is 12.1. The Morgan fingerprint density at radius 3 is 2.65 bits per heavy atom. The first kappa shape index (κ1) is 17.4. The minimum absolute atomic E-state index is 0.167. The summed E-state index contributed by atoms with van der Waals surface area (Å²) in [5.74, 6) is -0.0536. The summed E-state index contributed by atoms with van der Waals surface area (Å²) >= 11 is 0. The number of rotatable bonds is 4. The molecule has 0 saturated heterocycles. The predicted octanol–water partition coefficient (Wildman–Crippen LogP) is 3.27. The van der Waals surface area contributed by atoms with E-state index in [1.165, 1.54) is 14.0 Å². The van der Waals surface area contributed by atoms with Crippen LogP contribution in [-0.4, -0.2) is 24.9 Å². The van der Waals surface area contributed by atoms with Crippen LogP contribution in [0.3, 0.4) is 0 Å². The van der Waals surface area contributed by atoms with Crippen LogP contribution in [0.1, 0.15) is 23.6 Å². The Bertz CT molecular complexity index is 943. The Morgan fingerprint density at radius 1 is 1.15 bits per heavy atom. The van der Waals surface area contributed by atoms with Crippen LogP contribution in [0.2, 0.25) is 0 Å². The van der Waals surface area contributed by atoms with Crippen molar-refractivity contribution in [2.75, 3.05) is 7.11 Å². The van der Waals surface area contributed by atoms with E-state index in [1.54, 1.807) is 24.3 Å². The molecule has 0 fully saturated rings. The summed E-state index contributed by atoms with van der Waals surface area (Å²) in [4.78, 5) is 27.6. The Kier molecular flexibility index (Phi) is 4.84. The lowest BCUT2D eigenvalue weighted by molar-refractivity contribution is -0.132. The third-order valence-electron chi connectivity index (χ3n) is 3.63. The largest absolute Gasteiger partial charge is 0.493 e. The van der Waals surface area contributed by atoms with E-state index in [-0.39, 0.29) is 17.3 Å². The minimum atomic E-state index is -0.536. The minimum Gasteiger partial charge on any atom is -0.493 e. The van der Waals surface area contributed by atoms with Crippen molar-refractivity contribution in [2.24, 2.45) is 4.99 Å². The fraction of sp³-hybridized carbons (Fsp3) is 0.150. The fourth-order valence-electron chi connectivity index (χ4n) is 2.49. The van der Waals surface area contributed by atoms with Gasteiger partial charge in [0.25, 0.3) is 0 Å². The molecule has 2 aromatic rings. The number of nitrogens with zero attached hydrogens (tertiary/aromatic N) is 1. The number of cyclic esters (lactones) is 1. The molecule has 2 aromatic carbocycles. The standard InChI is InChI=1S/C20H17NO5/c1-12-5-4-6-15(9-12)19-21-16(20(23)26-19)10-14-7-8-17(24-3)18(11-14)25-13(2)22/h4-11H,1-3H3/b16-10+. The molecule has 1 aliphatic rings. The molecule has 26 heavy (non-hydrogen) atoms. The topological polar surface area (TPSA) is 74.2 Å². The quantitative estimate of drug-likeness (QED) is 0.480. The highest BCUT2D eigenvalue weighted by Gasteiger charge is 2.24. The molecule has 6 nitrogen and oxygen atoms in total. The zero-order chi connectivity index (χ0) is 18.7. The Morgan fingerprint density at radius 2 is 1.96 bits per heavy atom. The van der Waals surface area contributed by atoms with Crippen LogP contribution in [0.25, 0.3) is 6.08 Å². The molecular formula is C20H17NO5. The zero-order valence-corrected chi connectivity index (χ0v) is 14.6. The Labute approximate surface area is 150 Å². The van der Waals surface area contributed by atoms with Gasteiger partial charge in [0.15, 0.2) is 17.2 Å². The molecule has 6 heteroatoms. The average molecular weight is 351 g/mol. The van der Waals surface area contributed by atoms with E-state index in [9.17, 15) is 9.59 Å². The molecule has 0 unspecified atom stereocenters. The highest BCUT2D eigenvalue weighted by molar-refractivity contribution is 6.12. The van der Waals surface area contributed by atoms with Crippen molar-refractivity contribution in [1.29, 1.82) is 0 Å². The Hall–Kier alpha value is -3.41. The number of aryl methyl sites for hydroxylation is 1. The van der Waals surface area contributed by atoms with Gasteiger partial charge in [0.2, 0.25) is 5.90 Å². The van der Waals surface area contributed by atoms with Gasteiger partial charge in [-0.3, -0.25) is 4.79 Å². The van der Waals surface area contributed by atoms with Crippen molar-refractivity contribution in [3.63, 3.8) is 0 Å². The maximum atomic E-state index is 12.1. The van der Waals surface area contributed by atoms with Gasteiger partial charge in [-0.25, -0.2) is 9.79 Å². The summed E-state index contributed by atoms with van der Waals surface area (Å²) in [5.41, 5.74) is 2.57. The molecule has 0 atom stereocenters. The molecule has 0 spiro atoms. The molecule has 0 saturated carbocycles. The van der Waals surface area contributed by atoms with Gasteiger partial charge in [-0.2, -0.15) is 0 Å². The van der Waals surface area contributed by atoms with Crippen LogP contribution in [0, 0.1) is 6.92 Å². The van der Waals surface area contributed by atoms with Crippen molar-refractivity contribution in [1.82, 2.24) is 0 Å². The second kappa shape index (κ2) is 7.23. The lowest BCUT2D eigenvalue weighted by Gasteiger charge is -2.08. The number of hydrogen-bond donors (Lipinski definition) is 0. The van der Waals surface area contributed by atoms with Gasteiger partial charge < -0.3 is 14.2 Å². The van der Waals surface area contributed by atoms with Gasteiger partial charge >= 0.3 is 11.9 Å². The number of carbonyl (C=O) groups is 2. The summed E-state index contributed by atoms with van der Waals surface area (Å²) in [6, 6.07) is 12.5. The van der Waals surface area contributed by atoms with Crippen molar-refractivity contribution in [3.8, 4) is 11.5 Å². The number of carbonyl (C=O) groups excluding carboxylic acids is 2. The molecule has 132 valence electrons. The molecular weight excluding hydrogens is 334 g/mol. The predicted molar refractivity (Wildman–Crippen MR) is 96.1 cm³/mol. The summed E-state index contributed by atoms with van der Waals surface area (Å²) < 4.78 is 15.5.